The van der Waals surface area contributed by atoms with Crippen LogP contribution < -0.4 is 11.2 Å². The van der Waals surface area contributed by atoms with Gasteiger partial charge in [0.2, 0.25) is 7.37 Å². The van der Waals surface area contributed by atoms with Crippen molar-refractivity contribution in [3.05, 3.63) is 105 Å². The van der Waals surface area contributed by atoms with E-state index in [2.05, 4.69) is 0 Å². The summed E-state index contributed by atoms with van der Waals surface area (Å²) in [6.45, 7) is 3.93. The number of esters is 1. The second kappa shape index (κ2) is 13.9. The second-order valence-corrected chi connectivity index (χ2v) is 12.5. The van der Waals surface area contributed by atoms with Gasteiger partial charge in [-0.1, -0.05) is 55.5 Å². The lowest BCUT2D eigenvalue weighted by molar-refractivity contribution is -0.0526. The van der Waals surface area contributed by atoms with Crippen LogP contribution >= 0.6 is 7.37 Å². The first-order valence-corrected chi connectivity index (χ1v) is 15.4. The third-order valence-electron chi connectivity index (χ3n) is 6.75. The van der Waals surface area contributed by atoms with Gasteiger partial charge in [0.25, 0.3) is 5.56 Å². The molecule has 2 aromatic carbocycles. The Morgan fingerprint density at radius 2 is 1.73 bits per heavy atom. The summed E-state index contributed by atoms with van der Waals surface area (Å²) in [5.74, 6) is -0.555. The van der Waals surface area contributed by atoms with Crippen LogP contribution in [0, 0.1) is 0 Å². The average molecular weight is 571 g/mol. The van der Waals surface area contributed by atoms with Gasteiger partial charge in [0.05, 0.1) is 24.9 Å². The predicted molar refractivity (Wildman–Crippen MR) is 150 cm³/mol. The molecule has 40 heavy (non-hydrogen) atoms. The number of hydrogen-bond acceptors (Lipinski definition) is 8. The van der Waals surface area contributed by atoms with E-state index in [9.17, 15) is 18.9 Å². The summed E-state index contributed by atoms with van der Waals surface area (Å²) in [4.78, 5) is 38.9. The minimum atomic E-state index is -2.82. The molecular formula is C29H35N2O8P. The van der Waals surface area contributed by atoms with Gasteiger partial charge >= 0.3 is 11.7 Å². The number of ether oxygens (including phenoxy) is 3. The zero-order valence-corrected chi connectivity index (χ0v) is 23.6. The summed E-state index contributed by atoms with van der Waals surface area (Å²) >= 11 is 0. The highest BCUT2D eigenvalue weighted by atomic mass is 31.2. The monoisotopic (exact) mass is 570 g/mol. The van der Waals surface area contributed by atoms with Crippen molar-refractivity contribution >= 4 is 13.3 Å². The summed E-state index contributed by atoms with van der Waals surface area (Å²) in [5, 5.41) is 0. The molecule has 3 aromatic rings. The van der Waals surface area contributed by atoms with E-state index in [4.69, 9.17) is 18.7 Å². The van der Waals surface area contributed by atoms with E-state index in [0.29, 0.717) is 30.9 Å². The van der Waals surface area contributed by atoms with Gasteiger partial charge in [0, 0.05) is 31.0 Å². The Bertz CT molecular complexity index is 1420. The molecule has 0 radical (unpaired) electrons. The van der Waals surface area contributed by atoms with E-state index in [1.54, 1.807) is 37.3 Å². The lowest BCUT2D eigenvalue weighted by atomic mass is 10.1. The van der Waals surface area contributed by atoms with Gasteiger partial charge in [-0.05, 0) is 31.0 Å². The number of rotatable bonds is 13. The summed E-state index contributed by atoms with van der Waals surface area (Å²) in [5.41, 5.74) is 0.0871. The molecule has 1 aliphatic heterocycles. The number of carbonyl (C=O) groups excluding carboxylic acids is 1. The molecule has 2 heterocycles. The summed E-state index contributed by atoms with van der Waals surface area (Å²) in [6.07, 6.45) is 0.475. The van der Waals surface area contributed by atoms with Crippen LogP contribution in [0.25, 0.3) is 0 Å². The Morgan fingerprint density at radius 1 is 1.02 bits per heavy atom. The normalized spacial score (nSPS) is 20.2. The average Bonchev–Trinajstić information content (AvgIpc) is 3.37. The fraction of sp³-hybridized carbons (Fsp3) is 0.414. The Balaban J connectivity index is 1.55. The van der Waals surface area contributed by atoms with Gasteiger partial charge in [-0.2, -0.15) is 0 Å². The number of benzene rings is 2. The van der Waals surface area contributed by atoms with Crippen molar-refractivity contribution in [1.82, 2.24) is 9.13 Å². The Kier molecular flexibility index (Phi) is 10.3. The number of aromatic nitrogens is 2. The third-order valence-corrected chi connectivity index (χ3v) is 9.38. The van der Waals surface area contributed by atoms with Crippen LogP contribution in [0.1, 0.15) is 48.8 Å². The molecule has 0 spiro atoms. The zero-order chi connectivity index (χ0) is 28.5. The number of nitrogens with zero attached hydrogens (tertiary/aromatic N) is 2. The molecular weight excluding hydrogens is 535 g/mol. The molecule has 214 valence electrons. The van der Waals surface area contributed by atoms with Gasteiger partial charge in [-0.25, -0.2) is 14.2 Å². The Labute approximate surface area is 232 Å². The highest BCUT2D eigenvalue weighted by Crippen LogP contribution is 2.48. The number of hydrogen-bond donors (Lipinski definition) is 0. The van der Waals surface area contributed by atoms with Crippen LogP contribution in [0.2, 0.25) is 0 Å². The van der Waals surface area contributed by atoms with Gasteiger partial charge in [0.15, 0.2) is 6.23 Å². The lowest BCUT2D eigenvalue weighted by Crippen LogP contribution is -2.43. The van der Waals surface area contributed by atoms with E-state index in [1.807, 2.05) is 37.3 Å². The SMILES string of the molecule is CCOP(=O)(CC)CC[C@@H]1C[C@H](OC(=O)c2ccccc2)[C@H](n2ccc(=O)n(COCc3ccccc3)c2=O)O1. The minimum Gasteiger partial charge on any atom is -0.454 e. The molecule has 4 atom stereocenters. The molecule has 10 nitrogen and oxygen atoms in total. The van der Waals surface area contributed by atoms with E-state index < -0.39 is 43.0 Å². The molecule has 4 rings (SSSR count). The van der Waals surface area contributed by atoms with Crippen LogP contribution in [-0.4, -0.2) is 46.2 Å². The topological polar surface area (TPSA) is 115 Å². The van der Waals surface area contributed by atoms with Crippen LogP contribution in [-0.2, 0) is 36.6 Å². The molecule has 0 aliphatic carbocycles. The highest BCUT2D eigenvalue weighted by Gasteiger charge is 2.41. The standard InChI is InChI=1S/C29H35N2O8P/c1-3-37-40(35,4-2)18-16-24-19-25(39-28(33)23-13-9-6-10-14-23)27(38-24)30-17-15-26(32)31(29(30)34)21-36-20-22-11-7-5-8-12-22/h5-15,17,24-25,27H,3-4,16,18-21H2,1-2H3/t24-,25+,27-,40?/m1/s1. The van der Waals surface area contributed by atoms with E-state index >= 15 is 0 Å². The molecule has 0 saturated carbocycles. The quantitative estimate of drug-likeness (QED) is 0.219. The van der Waals surface area contributed by atoms with Crippen molar-refractivity contribution in [3.63, 3.8) is 0 Å². The Hall–Kier alpha value is -3.30. The molecule has 0 N–H and O–H groups in total. The first-order valence-electron chi connectivity index (χ1n) is 13.4. The largest absolute Gasteiger partial charge is 0.454 e. The maximum atomic E-state index is 13.4. The summed E-state index contributed by atoms with van der Waals surface area (Å²) in [7, 11) is -2.82. The first-order chi connectivity index (χ1) is 19.3. The van der Waals surface area contributed by atoms with Crippen molar-refractivity contribution < 1.29 is 28.1 Å². The third kappa shape index (κ3) is 7.46. The zero-order valence-electron chi connectivity index (χ0n) is 22.7. The smallest absolute Gasteiger partial charge is 0.338 e. The molecule has 11 heteroatoms. The van der Waals surface area contributed by atoms with Crippen LogP contribution in [0.15, 0.2) is 82.5 Å². The molecule has 1 saturated heterocycles. The molecule has 1 fully saturated rings. The highest BCUT2D eigenvalue weighted by molar-refractivity contribution is 7.58. The maximum Gasteiger partial charge on any atom is 0.338 e. The molecule has 0 amide bonds. The van der Waals surface area contributed by atoms with Crippen molar-refractivity contribution in [2.24, 2.45) is 0 Å². The fourth-order valence-corrected chi connectivity index (χ4v) is 6.38. The minimum absolute atomic E-state index is 0.220. The molecule has 1 unspecified atom stereocenters. The van der Waals surface area contributed by atoms with E-state index in [0.717, 1.165) is 10.1 Å². The van der Waals surface area contributed by atoms with Crippen LogP contribution in [0.4, 0.5) is 0 Å². The van der Waals surface area contributed by atoms with Crippen LogP contribution in [0.3, 0.4) is 0 Å². The van der Waals surface area contributed by atoms with Crippen molar-refractivity contribution in [1.29, 1.82) is 0 Å². The molecule has 0 bridgehead atoms. The van der Waals surface area contributed by atoms with E-state index in [1.165, 1.54) is 16.8 Å². The fourth-order valence-electron chi connectivity index (χ4n) is 4.60. The van der Waals surface area contributed by atoms with Gasteiger partial charge in [0.1, 0.15) is 12.8 Å². The van der Waals surface area contributed by atoms with Crippen molar-refractivity contribution in [2.75, 3.05) is 18.9 Å². The van der Waals surface area contributed by atoms with Crippen molar-refractivity contribution in [3.8, 4) is 0 Å². The van der Waals surface area contributed by atoms with Gasteiger partial charge in [-0.15, -0.1) is 0 Å². The summed E-state index contributed by atoms with van der Waals surface area (Å²) < 4.78 is 38.4. The molecule has 1 aliphatic rings. The maximum absolute atomic E-state index is 13.4. The van der Waals surface area contributed by atoms with Gasteiger partial charge < -0.3 is 18.7 Å². The predicted octanol–water partition coefficient (Wildman–Crippen LogP) is 4.42. The van der Waals surface area contributed by atoms with Crippen molar-refractivity contribution in [2.45, 2.75) is 58.5 Å². The summed E-state index contributed by atoms with van der Waals surface area (Å²) in [6, 6.07) is 19.2. The van der Waals surface area contributed by atoms with Gasteiger partial charge in [-0.3, -0.25) is 13.9 Å². The molecule has 1 aromatic heterocycles. The first kappa shape index (κ1) is 29.7. The second-order valence-electron chi connectivity index (χ2n) is 9.49. The van der Waals surface area contributed by atoms with Crippen LogP contribution in [0.5, 0.6) is 0 Å². The number of carbonyl (C=O) groups is 1. The van der Waals surface area contributed by atoms with E-state index in [-0.39, 0.29) is 19.8 Å². The lowest BCUT2D eigenvalue weighted by Gasteiger charge is -2.22. The Morgan fingerprint density at radius 3 is 2.40 bits per heavy atom.